The largest absolute Gasteiger partial charge is 0.287 e. The second-order valence-electron chi connectivity index (χ2n) is 4.19. The number of aryl methyl sites for hydroxylation is 1. The minimum atomic E-state index is -0.107. The van der Waals surface area contributed by atoms with Gasteiger partial charge in [-0.25, -0.2) is 9.97 Å². The number of rotatable bonds is 2. The molecule has 0 saturated heterocycles. The molecule has 0 fully saturated rings. The summed E-state index contributed by atoms with van der Waals surface area (Å²) in [6.07, 6.45) is 3.31. The molecule has 0 unspecified atom stereocenters. The third kappa shape index (κ3) is 2.08. The summed E-state index contributed by atoms with van der Waals surface area (Å²) in [4.78, 5) is 24.9. The minimum Gasteiger partial charge on any atom is -0.287 e. The number of hydrogen-bond acceptors (Lipinski definition) is 4. The van der Waals surface area contributed by atoms with Crippen LogP contribution in [0.3, 0.4) is 0 Å². The average Bonchev–Trinajstić information content (AvgIpc) is 2.46. The molecular formula is C15H11N3O. The first-order valence-corrected chi connectivity index (χ1v) is 5.94. The van der Waals surface area contributed by atoms with Crippen molar-refractivity contribution in [2.24, 2.45) is 0 Å². The average molecular weight is 249 g/mol. The number of nitrogens with zero attached hydrogens (tertiary/aromatic N) is 3. The van der Waals surface area contributed by atoms with Gasteiger partial charge in [-0.2, -0.15) is 0 Å². The van der Waals surface area contributed by atoms with E-state index in [1.54, 1.807) is 31.5 Å². The predicted molar refractivity (Wildman–Crippen MR) is 71.9 cm³/mol. The van der Waals surface area contributed by atoms with Crippen LogP contribution in [-0.4, -0.2) is 20.7 Å². The summed E-state index contributed by atoms with van der Waals surface area (Å²) < 4.78 is 0. The molecule has 19 heavy (non-hydrogen) atoms. The number of carbonyl (C=O) groups excluding carboxylic acids is 1. The Hall–Kier alpha value is -2.62. The molecule has 0 N–H and O–H groups in total. The maximum absolute atomic E-state index is 12.5. The predicted octanol–water partition coefficient (Wildman–Crippen LogP) is 2.56. The lowest BCUT2D eigenvalue weighted by Crippen LogP contribution is -2.06. The molecule has 2 aromatic heterocycles. The van der Waals surface area contributed by atoms with Crippen LogP contribution in [0, 0.1) is 6.92 Å². The van der Waals surface area contributed by atoms with Crippen molar-refractivity contribution in [3.63, 3.8) is 0 Å². The van der Waals surface area contributed by atoms with E-state index in [1.165, 1.54) is 0 Å². The summed E-state index contributed by atoms with van der Waals surface area (Å²) in [5, 5.41) is 0.839. The highest BCUT2D eigenvalue weighted by Gasteiger charge is 2.14. The summed E-state index contributed by atoms with van der Waals surface area (Å²) in [6.45, 7) is 1.77. The molecule has 1 aromatic carbocycles. The Kier molecular flexibility index (Phi) is 2.76. The van der Waals surface area contributed by atoms with E-state index in [9.17, 15) is 4.79 Å². The van der Waals surface area contributed by atoms with Gasteiger partial charge in [0.1, 0.15) is 11.5 Å². The number of hydrogen-bond donors (Lipinski definition) is 0. The van der Waals surface area contributed by atoms with Crippen LogP contribution in [0.4, 0.5) is 0 Å². The van der Waals surface area contributed by atoms with E-state index < -0.39 is 0 Å². The van der Waals surface area contributed by atoms with Crippen molar-refractivity contribution in [3.05, 3.63) is 65.9 Å². The van der Waals surface area contributed by atoms with E-state index in [4.69, 9.17) is 0 Å². The molecule has 0 atom stereocenters. The quantitative estimate of drug-likeness (QED) is 0.655. The molecule has 0 aliphatic rings. The Morgan fingerprint density at radius 1 is 1.00 bits per heavy atom. The molecule has 0 bridgehead atoms. The van der Waals surface area contributed by atoms with Crippen LogP contribution in [0.15, 0.2) is 48.8 Å². The third-order valence-corrected chi connectivity index (χ3v) is 2.90. The van der Waals surface area contributed by atoms with Gasteiger partial charge in [0.25, 0.3) is 0 Å². The normalized spacial score (nSPS) is 10.6. The third-order valence-electron chi connectivity index (χ3n) is 2.90. The van der Waals surface area contributed by atoms with Crippen molar-refractivity contribution in [2.45, 2.75) is 6.92 Å². The Morgan fingerprint density at radius 3 is 2.74 bits per heavy atom. The van der Waals surface area contributed by atoms with Crippen molar-refractivity contribution in [1.29, 1.82) is 0 Å². The summed E-state index contributed by atoms with van der Waals surface area (Å²) in [7, 11) is 0. The fraction of sp³-hybridized carbons (Fsp3) is 0.0667. The molecule has 0 saturated carbocycles. The summed E-state index contributed by atoms with van der Waals surface area (Å²) in [5.74, 6) is 0.480. The molecule has 4 heteroatoms. The van der Waals surface area contributed by atoms with Crippen molar-refractivity contribution in [3.8, 4) is 0 Å². The number of ketones is 1. The summed E-state index contributed by atoms with van der Waals surface area (Å²) >= 11 is 0. The van der Waals surface area contributed by atoms with E-state index in [-0.39, 0.29) is 5.78 Å². The van der Waals surface area contributed by atoms with Crippen molar-refractivity contribution in [2.75, 3.05) is 0 Å². The van der Waals surface area contributed by atoms with Crippen LogP contribution in [-0.2, 0) is 0 Å². The van der Waals surface area contributed by atoms with Crippen LogP contribution in [0.1, 0.15) is 21.9 Å². The first kappa shape index (κ1) is 11.5. The van der Waals surface area contributed by atoms with Gasteiger partial charge in [-0.1, -0.05) is 18.2 Å². The number of pyridine rings is 1. The van der Waals surface area contributed by atoms with Gasteiger partial charge in [0.15, 0.2) is 0 Å². The smallest absolute Gasteiger partial charge is 0.212 e. The van der Waals surface area contributed by atoms with Crippen LogP contribution in [0.2, 0.25) is 0 Å². The Balaban J connectivity index is 2.17. The zero-order valence-electron chi connectivity index (χ0n) is 10.4. The topological polar surface area (TPSA) is 55.7 Å². The Morgan fingerprint density at radius 2 is 1.89 bits per heavy atom. The second-order valence-corrected chi connectivity index (χ2v) is 4.19. The zero-order valence-corrected chi connectivity index (χ0v) is 10.4. The number of fused-ring (bicyclic) bond motifs is 1. The highest BCUT2D eigenvalue weighted by molar-refractivity contribution is 6.15. The number of benzene rings is 1. The molecule has 3 aromatic rings. The first-order chi connectivity index (χ1) is 9.25. The van der Waals surface area contributed by atoms with Crippen molar-refractivity contribution >= 4 is 16.7 Å². The molecule has 0 spiro atoms. The SMILES string of the molecule is Cc1nccc(C(=O)c2cccc3ncccc23)n1. The van der Waals surface area contributed by atoms with E-state index in [0.29, 0.717) is 17.1 Å². The molecular weight excluding hydrogens is 238 g/mol. The maximum atomic E-state index is 12.5. The van der Waals surface area contributed by atoms with Gasteiger partial charge in [0.2, 0.25) is 5.78 Å². The van der Waals surface area contributed by atoms with Crippen LogP contribution >= 0.6 is 0 Å². The molecule has 4 nitrogen and oxygen atoms in total. The van der Waals surface area contributed by atoms with Gasteiger partial charge in [-0.15, -0.1) is 0 Å². The molecule has 0 aliphatic heterocycles. The monoisotopic (exact) mass is 249 g/mol. The van der Waals surface area contributed by atoms with Gasteiger partial charge in [-0.05, 0) is 25.1 Å². The van der Waals surface area contributed by atoms with E-state index in [1.807, 2.05) is 24.3 Å². The van der Waals surface area contributed by atoms with Crippen molar-refractivity contribution < 1.29 is 4.79 Å². The standard InChI is InChI=1S/C15H11N3O/c1-10-16-9-7-14(18-10)15(19)12-4-2-6-13-11(12)5-3-8-17-13/h2-9H,1H3. The second kappa shape index (κ2) is 4.57. The van der Waals surface area contributed by atoms with E-state index in [0.717, 1.165) is 10.9 Å². The molecule has 0 aliphatic carbocycles. The Bertz CT molecular complexity index is 763. The summed E-state index contributed by atoms with van der Waals surface area (Å²) in [5.41, 5.74) is 1.83. The zero-order chi connectivity index (χ0) is 13.2. The maximum Gasteiger partial charge on any atom is 0.212 e. The van der Waals surface area contributed by atoms with Crippen LogP contribution < -0.4 is 0 Å². The van der Waals surface area contributed by atoms with Crippen molar-refractivity contribution in [1.82, 2.24) is 15.0 Å². The van der Waals surface area contributed by atoms with E-state index >= 15 is 0 Å². The molecule has 0 amide bonds. The van der Waals surface area contributed by atoms with Crippen LogP contribution in [0.25, 0.3) is 10.9 Å². The van der Waals surface area contributed by atoms with Gasteiger partial charge in [0.05, 0.1) is 5.52 Å². The highest BCUT2D eigenvalue weighted by Crippen LogP contribution is 2.19. The Labute approximate surface area is 110 Å². The lowest BCUT2D eigenvalue weighted by Gasteiger charge is -2.04. The minimum absolute atomic E-state index is 0.107. The van der Waals surface area contributed by atoms with E-state index in [2.05, 4.69) is 15.0 Å². The highest BCUT2D eigenvalue weighted by atomic mass is 16.1. The van der Waals surface area contributed by atoms with Gasteiger partial charge < -0.3 is 0 Å². The molecule has 92 valence electrons. The number of carbonyl (C=O) groups is 1. The fourth-order valence-electron chi connectivity index (χ4n) is 2.02. The lowest BCUT2D eigenvalue weighted by atomic mass is 10.0. The van der Waals surface area contributed by atoms with Gasteiger partial charge in [0, 0.05) is 23.3 Å². The first-order valence-electron chi connectivity index (χ1n) is 5.94. The molecule has 3 rings (SSSR count). The molecule has 2 heterocycles. The van der Waals surface area contributed by atoms with Gasteiger partial charge in [-0.3, -0.25) is 9.78 Å². The van der Waals surface area contributed by atoms with Crippen LogP contribution in [0.5, 0.6) is 0 Å². The fourth-order valence-corrected chi connectivity index (χ4v) is 2.02. The summed E-state index contributed by atoms with van der Waals surface area (Å²) in [6, 6.07) is 10.9. The molecule has 0 radical (unpaired) electrons. The van der Waals surface area contributed by atoms with Gasteiger partial charge >= 0.3 is 0 Å². The number of aromatic nitrogens is 3. The lowest BCUT2D eigenvalue weighted by molar-refractivity contribution is 0.103.